The summed E-state index contributed by atoms with van der Waals surface area (Å²) in [5.41, 5.74) is 2.57. The Kier molecular flexibility index (Phi) is 5.05. The van der Waals surface area contributed by atoms with Crippen LogP contribution >= 0.6 is 0 Å². The molecule has 3 heteroatoms. The minimum absolute atomic E-state index is 0.0939. The number of likely N-dealkylation sites (tertiary alicyclic amines) is 1. The Hall–Kier alpha value is -1.51. The standard InChI is InChI=1S/C17H26N2O/c1-13(2)10-11-18-17(20)19-12-6-9-16(19)15-8-5-4-7-14(15)3/h4-5,7-8,13,16H,6,9-12H2,1-3H3,(H,18,20). The second-order valence-corrected chi connectivity index (χ2v) is 6.12. The number of aryl methyl sites for hydroxylation is 1. The second kappa shape index (κ2) is 6.78. The van der Waals surface area contributed by atoms with Crippen LogP contribution in [-0.4, -0.2) is 24.0 Å². The minimum atomic E-state index is 0.0939. The molecule has 1 saturated heterocycles. The van der Waals surface area contributed by atoms with Crippen LogP contribution in [0.5, 0.6) is 0 Å². The third-order valence-corrected chi connectivity index (χ3v) is 4.06. The summed E-state index contributed by atoms with van der Waals surface area (Å²) in [4.78, 5) is 14.3. The normalized spacial score (nSPS) is 18.6. The molecule has 1 aromatic carbocycles. The number of rotatable bonds is 4. The fourth-order valence-corrected chi connectivity index (χ4v) is 2.86. The highest BCUT2D eigenvalue weighted by atomic mass is 16.2. The van der Waals surface area contributed by atoms with Gasteiger partial charge in [-0.1, -0.05) is 38.1 Å². The van der Waals surface area contributed by atoms with Gasteiger partial charge in [0.05, 0.1) is 6.04 Å². The van der Waals surface area contributed by atoms with Gasteiger partial charge < -0.3 is 10.2 Å². The average Bonchev–Trinajstić information content (AvgIpc) is 2.87. The minimum Gasteiger partial charge on any atom is -0.338 e. The van der Waals surface area contributed by atoms with E-state index in [-0.39, 0.29) is 12.1 Å². The molecule has 1 unspecified atom stereocenters. The Balaban J connectivity index is 2.00. The van der Waals surface area contributed by atoms with Crippen molar-refractivity contribution in [3.05, 3.63) is 35.4 Å². The molecular weight excluding hydrogens is 248 g/mol. The first-order valence-electron chi connectivity index (χ1n) is 7.69. The predicted octanol–water partition coefficient (Wildman–Crippen LogP) is 3.89. The van der Waals surface area contributed by atoms with Crippen molar-refractivity contribution in [3.8, 4) is 0 Å². The maximum Gasteiger partial charge on any atom is 0.317 e. The van der Waals surface area contributed by atoms with Gasteiger partial charge in [0.15, 0.2) is 0 Å². The molecule has 1 aliphatic rings. The summed E-state index contributed by atoms with van der Waals surface area (Å²) in [5.74, 6) is 0.626. The van der Waals surface area contributed by atoms with Crippen molar-refractivity contribution in [2.75, 3.05) is 13.1 Å². The lowest BCUT2D eigenvalue weighted by atomic mass is 9.99. The molecule has 0 aromatic heterocycles. The maximum atomic E-state index is 12.3. The Morgan fingerprint density at radius 2 is 2.15 bits per heavy atom. The quantitative estimate of drug-likeness (QED) is 0.887. The van der Waals surface area contributed by atoms with Crippen molar-refractivity contribution < 1.29 is 4.79 Å². The van der Waals surface area contributed by atoms with E-state index in [1.54, 1.807) is 0 Å². The summed E-state index contributed by atoms with van der Waals surface area (Å²) >= 11 is 0. The molecule has 0 saturated carbocycles. The molecule has 1 aromatic rings. The zero-order valence-corrected chi connectivity index (χ0v) is 12.9. The number of carbonyl (C=O) groups is 1. The number of urea groups is 1. The summed E-state index contributed by atoms with van der Waals surface area (Å²) in [6, 6.07) is 8.74. The van der Waals surface area contributed by atoms with Crippen LogP contribution in [0.3, 0.4) is 0 Å². The Labute approximate surface area is 122 Å². The van der Waals surface area contributed by atoms with Gasteiger partial charge in [-0.05, 0) is 43.2 Å². The molecule has 1 aliphatic heterocycles. The van der Waals surface area contributed by atoms with Gasteiger partial charge in [0, 0.05) is 13.1 Å². The molecular formula is C17H26N2O. The number of hydrogen-bond acceptors (Lipinski definition) is 1. The smallest absolute Gasteiger partial charge is 0.317 e. The van der Waals surface area contributed by atoms with E-state index < -0.39 is 0 Å². The first-order valence-corrected chi connectivity index (χ1v) is 7.69. The first kappa shape index (κ1) is 14.9. The molecule has 1 N–H and O–H groups in total. The largest absolute Gasteiger partial charge is 0.338 e. The Morgan fingerprint density at radius 1 is 1.40 bits per heavy atom. The van der Waals surface area contributed by atoms with Crippen LogP contribution in [0.15, 0.2) is 24.3 Å². The molecule has 20 heavy (non-hydrogen) atoms. The summed E-state index contributed by atoms with van der Waals surface area (Å²) in [7, 11) is 0. The van der Waals surface area contributed by atoms with Gasteiger partial charge in [0.2, 0.25) is 0 Å². The van der Waals surface area contributed by atoms with E-state index in [9.17, 15) is 4.79 Å². The molecule has 3 nitrogen and oxygen atoms in total. The van der Waals surface area contributed by atoms with Crippen LogP contribution in [0.2, 0.25) is 0 Å². The number of carbonyl (C=O) groups excluding carboxylic acids is 1. The van der Waals surface area contributed by atoms with Gasteiger partial charge in [-0.15, -0.1) is 0 Å². The van der Waals surface area contributed by atoms with Crippen LogP contribution in [0, 0.1) is 12.8 Å². The second-order valence-electron chi connectivity index (χ2n) is 6.12. The molecule has 0 radical (unpaired) electrons. The van der Waals surface area contributed by atoms with Crippen LogP contribution < -0.4 is 5.32 Å². The van der Waals surface area contributed by atoms with E-state index in [4.69, 9.17) is 0 Å². The van der Waals surface area contributed by atoms with Gasteiger partial charge in [-0.3, -0.25) is 0 Å². The molecule has 1 atom stereocenters. The molecule has 0 spiro atoms. The molecule has 1 fully saturated rings. The monoisotopic (exact) mass is 274 g/mol. The zero-order chi connectivity index (χ0) is 14.5. The van der Waals surface area contributed by atoms with Crippen molar-refractivity contribution >= 4 is 6.03 Å². The van der Waals surface area contributed by atoms with Gasteiger partial charge in [-0.2, -0.15) is 0 Å². The number of nitrogens with zero attached hydrogens (tertiary/aromatic N) is 1. The van der Waals surface area contributed by atoms with Crippen LogP contribution in [-0.2, 0) is 0 Å². The topological polar surface area (TPSA) is 32.3 Å². The molecule has 110 valence electrons. The lowest BCUT2D eigenvalue weighted by Crippen LogP contribution is -2.40. The first-order chi connectivity index (χ1) is 9.59. The number of benzene rings is 1. The van der Waals surface area contributed by atoms with Crippen LogP contribution in [0.1, 0.15) is 50.3 Å². The average molecular weight is 274 g/mol. The Bertz CT molecular complexity index is 456. The van der Waals surface area contributed by atoms with E-state index >= 15 is 0 Å². The van der Waals surface area contributed by atoms with E-state index in [1.807, 2.05) is 4.90 Å². The van der Waals surface area contributed by atoms with E-state index in [0.29, 0.717) is 5.92 Å². The Morgan fingerprint density at radius 3 is 2.85 bits per heavy atom. The molecule has 2 rings (SSSR count). The van der Waals surface area contributed by atoms with Gasteiger partial charge in [0.1, 0.15) is 0 Å². The fraction of sp³-hybridized carbons (Fsp3) is 0.588. The highest BCUT2D eigenvalue weighted by molar-refractivity contribution is 5.75. The number of nitrogens with one attached hydrogen (secondary N) is 1. The molecule has 1 heterocycles. The highest BCUT2D eigenvalue weighted by Gasteiger charge is 2.30. The van der Waals surface area contributed by atoms with Gasteiger partial charge in [0.25, 0.3) is 0 Å². The van der Waals surface area contributed by atoms with E-state index in [1.165, 1.54) is 11.1 Å². The summed E-state index contributed by atoms with van der Waals surface area (Å²) < 4.78 is 0. The van der Waals surface area contributed by atoms with E-state index in [0.717, 1.165) is 32.4 Å². The number of amides is 2. The lowest BCUT2D eigenvalue weighted by molar-refractivity contribution is 0.192. The number of hydrogen-bond donors (Lipinski definition) is 1. The highest BCUT2D eigenvalue weighted by Crippen LogP contribution is 2.33. The SMILES string of the molecule is Cc1ccccc1C1CCCN1C(=O)NCCC(C)C. The van der Waals surface area contributed by atoms with Crippen LogP contribution in [0.25, 0.3) is 0 Å². The third-order valence-electron chi connectivity index (χ3n) is 4.06. The van der Waals surface area contributed by atoms with Crippen molar-refractivity contribution in [1.82, 2.24) is 10.2 Å². The fourth-order valence-electron chi connectivity index (χ4n) is 2.86. The van der Waals surface area contributed by atoms with Crippen molar-refractivity contribution in [2.24, 2.45) is 5.92 Å². The molecule has 0 bridgehead atoms. The van der Waals surface area contributed by atoms with E-state index in [2.05, 4.69) is 50.4 Å². The van der Waals surface area contributed by atoms with Crippen LogP contribution in [0.4, 0.5) is 4.79 Å². The van der Waals surface area contributed by atoms with Crippen molar-refractivity contribution in [3.63, 3.8) is 0 Å². The predicted molar refractivity (Wildman–Crippen MR) is 82.7 cm³/mol. The summed E-state index contributed by atoms with van der Waals surface area (Å²) in [5, 5.41) is 3.06. The summed E-state index contributed by atoms with van der Waals surface area (Å²) in [6.45, 7) is 8.12. The summed E-state index contributed by atoms with van der Waals surface area (Å²) in [6.07, 6.45) is 3.20. The van der Waals surface area contributed by atoms with Crippen molar-refractivity contribution in [2.45, 2.75) is 46.1 Å². The lowest BCUT2D eigenvalue weighted by Gasteiger charge is -2.26. The van der Waals surface area contributed by atoms with Crippen molar-refractivity contribution in [1.29, 1.82) is 0 Å². The van der Waals surface area contributed by atoms with Gasteiger partial charge >= 0.3 is 6.03 Å². The maximum absolute atomic E-state index is 12.3. The zero-order valence-electron chi connectivity index (χ0n) is 12.9. The molecule has 0 aliphatic carbocycles. The third kappa shape index (κ3) is 3.53. The molecule has 2 amide bonds. The van der Waals surface area contributed by atoms with Gasteiger partial charge in [-0.25, -0.2) is 4.79 Å².